The van der Waals surface area contributed by atoms with Gasteiger partial charge in [0.15, 0.2) is 0 Å². The van der Waals surface area contributed by atoms with Crippen molar-refractivity contribution in [1.29, 1.82) is 0 Å². The lowest BCUT2D eigenvalue weighted by atomic mass is 9.91. The molecule has 0 saturated carbocycles. The number of aryl methyl sites for hydroxylation is 2. The van der Waals surface area contributed by atoms with Gasteiger partial charge >= 0.3 is 0 Å². The average Bonchev–Trinajstić information content (AvgIpc) is 2.75. The maximum Gasteiger partial charge on any atom is 0.116 e. The second kappa shape index (κ2) is 3.76. The molecule has 2 aromatic carbocycles. The molecule has 0 bridgehead atoms. The van der Waals surface area contributed by atoms with Crippen molar-refractivity contribution in [3.8, 4) is 5.75 Å². The van der Waals surface area contributed by atoms with E-state index in [0.717, 1.165) is 0 Å². The van der Waals surface area contributed by atoms with Crippen LogP contribution in [0.15, 0.2) is 24.3 Å². The number of hydrogen-bond donors (Lipinski definition) is 1. The largest absolute Gasteiger partial charge is 0.508 e. The summed E-state index contributed by atoms with van der Waals surface area (Å²) in [6.07, 6.45) is 3.67. The first-order chi connectivity index (χ1) is 8.16. The Labute approximate surface area is 102 Å². The summed E-state index contributed by atoms with van der Waals surface area (Å²) in [4.78, 5) is 0. The minimum Gasteiger partial charge on any atom is -0.508 e. The number of rotatable bonds is 1. The Balaban J connectivity index is 2.41. The first-order valence-corrected chi connectivity index (χ1v) is 6.44. The normalized spacial score (nSPS) is 14.5. The minimum atomic E-state index is 0.388. The maximum atomic E-state index is 9.81. The highest BCUT2D eigenvalue weighted by molar-refractivity contribution is 5.92. The number of phenols is 1. The van der Waals surface area contributed by atoms with Crippen LogP contribution in [0.1, 0.15) is 42.9 Å². The average molecular weight is 226 g/mol. The van der Waals surface area contributed by atoms with E-state index in [4.69, 9.17) is 0 Å². The van der Waals surface area contributed by atoms with Crippen molar-refractivity contribution in [2.75, 3.05) is 0 Å². The number of fused-ring (bicyclic) bond motifs is 3. The molecule has 0 saturated heterocycles. The van der Waals surface area contributed by atoms with E-state index in [1.807, 2.05) is 12.1 Å². The van der Waals surface area contributed by atoms with Gasteiger partial charge in [-0.3, -0.25) is 0 Å². The van der Waals surface area contributed by atoms with Crippen molar-refractivity contribution < 1.29 is 5.11 Å². The SMILES string of the molecule is CC(C)c1cc(O)cc2ccc3c(c12)CCC3. The fraction of sp³-hybridized carbons (Fsp3) is 0.375. The lowest BCUT2D eigenvalue weighted by Gasteiger charge is -2.14. The van der Waals surface area contributed by atoms with Crippen LogP contribution in [0.5, 0.6) is 5.75 Å². The molecule has 0 radical (unpaired) electrons. The quantitative estimate of drug-likeness (QED) is 0.774. The van der Waals surface area contributed by atoms with Gasteiger partial charge in [0.25, 0.3) is 0 Å². The summed E-state index contributed by atoms with van der Waals surface area (Å²) in [5.41, 5.74) is 4.31. The smallest absolute Gasteiger partial charge is 0.116 e. The maximum absolute atomic E-state index is 9.81. The van der Waals surface area contributed by atoms with Crippen LogP contribution in [0.25, 0.3) is 10.8 Å². The van der Waals surface area contributed by atoms with Crippen LogP contribution < -0.4 is 0 Å². The summed E-state index contributed by atoms with van der Waals surface area (Å²) in [7, 11) is 0. The van der Waals surface area contributed by atoms with Crippen LogP contribution in [-0.4, -0.2) is 5.11 Å². The van der Waals surface area contributed by atoms with Crippen molar-refractivity contribution in [1.82, 2.24) is 0 Å². The van der Waals surface area contributed by atoms with Gasteiger partial charge in [0.05, 0.1) is 0 Å². The molecule has 1 aliphatic carbocycles. The van der Waals surface area contributed by atoms with Gasteiger partial charge in [-0.1, -0.05) is 26.0 Å². The molecule has 1 aliphatic rings. The van der Waals surface area contributed by atoms with Crippen molar-refractivity contribution in [2.45, 2.75) is 39.0 Å². The van der Waals surface area contributed by atoms with E-state index in [9.17, 15) is 5.11 Å². The predicted molar refractivity (Wildman–Crippen MR) is 71.7 cm³/mol. The van der Waals surface area contributed by atoms with Crippen molar-refractivity contribution in [3.05, 3.63) is 41.0 Å². The summed E-state index contributed by atoms with van der Waals surface area (Å²) in [6.45, 7) is 4.39. The number of benzene rings is 2. The predicted octanol–water partition coefficient (Wildman–Crippen LogP) is 4.16. The standard InChI is InChI=1S/C16H18O/c1-10(2)15-9-13(17)8-12-7-6-11-4-3-5-14(11)16(12)15/h6-10,17H,3-5H2,1-2H3. The molecule has 88 valence electrons. The zero-order valence-corrected chi connectivity index (χ0v) is 10.5. The Kier molecular flexibility index (Phi) is 2.36. The monoisotopic (exact) mass is 226 g/mol. The van der Waals surface area contributed by atoms with Gasteiger partial charge in [-0.15, -0.1) is 0 Å². The fourth-order valence-corrected chi connectivity index (χ4v) is 3.03. The molecule has 17 heavy (non-hydrogen) atoms. The van der Waals surface area contributed by atoms with Gasteiger partial charge in [0, 0.05) is 0 Å². The molecule has 1 heteroatoms. The Morgan fingerprint density at radius 2 is 1.94 bits per heavy atom. The third-order valence-corrected chi connectivity index (χ3v) is 3.83. The minimum absolute atomic E-state index is 0.388. The van der Waals surface area contributed by atoms with E-state index < -0.39 is 0 Å². The first-order valence-electron chi connectivity index (χ1n) is 6.44. The van der Waals surface area contributed by atoms with E-state index >= 15 is 0 Å². The molecule has 0 spiro atoms. The molecular formula is C16H18O. The Morgan fingerprint density at radius 1 is 1.12 bits per heavy atom. The Bertz CT molecular complexity index is 582. The van der Waals surface area contributed by atoms with Gasteiger partial charge in [-0.05, 0) is 64.8 Å². The van der Waals surface area contributed by atoms with E-state index in [0.29, 0.717) is 11.7 Å². The molecule has 1 N–H and O–H groups in total. The molecule has 0 atom stereocenters. The lowest BCUT2D eigenvalue weighted by Crippen LogP contribution is -1.94. The summed E-state index contributed by atoms with van der Waals surface area (Å²) in [6, 6.07) is 8.21. The van der Waals surface area contributed by atoms with Crippen LogP contribution in [0.3, 0.4) is 0 Å². The highest BCUT2D eigenvalue weighted by Gasteiger charge is 2.17. The van der Waals surface area contributed by atoms with Crippen LogP contribution in [0.4, 0.5) is 0 Å². The molecule has 2 aromatic rings. The second-order valence-electron chi connectivity index (χ2n) is 5.34. The van der Waals surface area contributed by atoms with E-state index in [1.54, 1.807) is 0 Å². The van der Waals surface area contributed by atoms with E-state index in [2.05, 4.69) is 26.0 Å². The Hall–Kier alpha value is -1.50. The topological polar surface area (TPSA) is 20.2 Å². The third-order valence-electron chi connectivity index (χ3n) is 3.83. The summed E-state index contributed by atoms with van der Waals surface area (Å²) in [5, 5.41) is 12.4. The third kappa shape index (κ3) is 1.61. The molecule has 1 nitrogen and oxygen atoms in total. The summed E-state index contributed by atoms with van der Waals surface area (Å²) < 4.78 is 0. The molecule has 3 rings (SSSR count). The lowest BCUT2D eigenvalue weighted by molar-refractivity contribution is 0.475. The Morgan fingerprint density at radius 3 is 2.71 bits per heavy atom. The molecular weight excluding hydrogens is 208 g/mol. The molecule has 0 aliphatic heterocycles. The number of hydrogen-bond acceptors (Lipinski definition) is 1. The molecule has 0 amide bonds. The van der Waals surface area contributed by atoms with Crippen LogP contribution >= 0.6 is 0 Å². The van der Waals surface area contributed by atoms with Gasteiger partial charge in [-0.25, -0.2) is 0 Å². The highest BCUT2D eigenvalue weighted by Crippen LogP contribution is 2.37. The first kappa shape index (κ1) is 10.6. The van der Waals surface area contributed by atoms with Gasteiger partial charge in [-0.2, -0.15) is 0 Å². The zero-order valence-electron chi connectivity index (χ0n) is 10.5. The molecule has 0 fully saturated rings. The van der Waals surface area contributed by atoms with E-state index in [-0.39, 0.29) is 0 Å². The van der Waals surface area contributed by atoms with Crippen LogP contribution in [0, 0.1) is 0 Å². The summed E-state index contributed by atoms with van der Waals surface area (Å²) >= 11 is 0. The van der Waals surface area contributed by atoms with Gasteiger partial charge in [0.1, 0.15) is 5.75 Å². The molecule has 0 unspecified atom stereocenters. The molecule has 0 heterocycles. The van der Waals surface area contributed by atoms with Crippen LogP contribution in [0.2, 0.25) is 0 Å². The van der Waals surface area contributed by atoms with Crippen molar-refractivity contribution >= 4 is 10.8 Å². The number of phenolic OH excluding ortho intramolecular Hbond substituents is 1. The molecule has 0 aromatic heterocycles. The van der Waals surface area contributed by atoms with Crippen molar-refractivity contribution in [2.24, 2.45) is 0 Å². The van der Waals surface area contributed by atoms with Crippen LogP contribution in [-0.2, 0) is 12.8 Å². The fourth-order valence-electron chi connectivity index (χ4n) is 3.03. The second-order valence-corrected chi connectivity index (χ2v) is 5.34. The van der Waals surface area contributed by atoms with Gasteiger partial charge < -0.3 is 5.11 Å². The zero-order chi connectivity index (χ0) is 12.0. The van der Waals surface area contributed by atoms with E-state index in [1.165, 1.54) is 46.7 Å². The highest BCUT2D eigenvalue weighted by atomic mass is 16.3. The van der Waals surface area contributed by atoms with Gasteiger partial charge in [0.2, 0.25) is 0 Å². The number of aromatic hydroxyl groups is 1. The summed E-state index contributed by atoms with van der Waals surface area (Å²) in [5.74, 6) is 0.843. The van der Waals surface area contributed by atoms with Crippen molar-refractivity contribution in [3.63, 3.8) is 0 Å².